The SMILES string of the molecule is Cc1noc(-c2ccc(S(=O)(=O)N3CCN[C@H]4CS(=O)(=O)C[C@H]43)o2)c1C. The number of aryl methyl sites for hydroxylation is 1. The average molecular weight is 401 g/mol. The molecule has 2 aromatic rings. The normalized spacial score (nSPS) is 26.1. The monoisotopic (exact) mass is 401 g/mol. The topological polar surface area (TPSA) is 123 Å². The molecule has 0 saturated carbocycles. The van der Waals surface area contributed by atoms with Gasteiger partial charge >= 0.3 is 0 Å². The second-order valence-electron chi connectivity index (χ2n) is 6.66. The van der Waals surface area contributed by atoms with Gasteiger partial charge in [-0.25, -0.2) is 16.8 Å². The van der Waals surface area contributed by atoms with Gasteiger partial charge < -0.3 is 14.3 Å². The first-order chi connectivity index (χ1) is 12.2. The van der Waals surface area contributed by atoms with Crippen LogP contribution in [0.5, 0.6) is 0 Å². The van der Waals surface area contributed by atoms with Gasteiger partial charge in [0, 0.05) is 24.7 Å². The molecule has 142 valence electrons. The van der Waals surface area contributed by atoms with E-state index in [0.29, 0.717) is 18.0 Å². The molecule has 0 radical (unpaired) electrons. The Morgan fingerprint density at radius 2 is 2.04 bits per heavy atom. The summed E-state index contributed by atoms with van der Waals surface area (Å²) in [6, 6.07) is 1.87. The number of hydrogen-bond donors (Lipinski definition) is 1. The molecule has 26 heavy (non-hydrogen) atoms. The third kappa shape index (κ3) is 2.79. The average Bonchev–Trinajstić information content (AvgIpc) is 3.24. The van der Waals surface area contributed by atoms with Crippen LogP contribution in [0.25, 0.3) is 11.5 Å². The van der Waals surface area contributed by atoms with Gasteiger partial charge in [0.2, 0.25) is 10.9 Å². The Morgan fingerprint density at radius 3 is 2.73 bits per heavy atom. The standard InChI is InChI=1S/C15H19N3O6S2/c1-9-10(2)17-24-15(9)13-3-4-14(23-13)26(21,22)18-6-5-16-11-7-25(19,20)8-12(11)18/h3-4,11-12,16H,5-8H2,1-2H3/t11-,12+/m0/s1. The van der Waals surface area contributed by atoms with Crippen LogP contribution in [0.15, 0.2) is 26.2 Å². The zero-order valence-corrected chi connectivity index (χ0v) is 15.9. The molecule has 0 spiro atoms. The molecule has 2 aromatic heterocycles. The number of fused-ring (bicyclic) bond motifs is 1. The number of aromatic nitrogens is 1. The van der Waals surface area contributed by atoms with E-state index in [-0.39, 0.29) is 28.9 Å². The minimum atomic E-state index is -3.96. The summed E-state index contributed by atoms with van der Waals surface area (Å²) >= 11 is 0. The smallest absolute Gasteiger partial charge is 0.276 e. The molecular formula is C15H19N3O6S2. The largest absolute Gasteiger partial charge is 0.440 e. The van der Waals surface area contributed by atoms with Crippen LogP contribution in [0.2, 0.25) is 0 Å². The lowest BCUT2D eigenvalue weighted by atomic mass is 10.1. The van der Waals surface area contributed by atoms with Crippen molar-refractivity contribution in [2.45, 2.75) is 31.0 Å². The molecule has 2 atom stereocenters. The van der Waals surface area contributed by atoms with E-state index < -0.39 is 31.9 Å². The lowest BCUT2D eigenvalue weighted by Gasteiger charge is -2.35. The number of sulfone groups is 1. The molecular weight excluding hydrogens is 382 g/mol. The highest BCUT2D eigenvalue weighted by molar-refractivity contribution is 7.92. The van der Waals surface area contributed by atoms with E-state index in [4.69, 9.17) is 8.94 Å². The van der Waals surface area contributed by atoms with Crippen molar-refractivity contribution in [3.8, 4) is 11.5 Å². The van der Waals surface area contributed by atoms with Gasteiger partial charge in [-0.05, 0) is 26.0 Å². The van der Waals surface area contributed by atoms with Crippen LogP contribution >= 0.6 is 0 Å². The number of nitrogens with zero attached hydrogens (tertiary/aromatic N) is 2. The highest BCUT2D eigenvalue weighted by Gasteiger charge is 2.48. The van der Waals surface area contributed by atoms with Crippen LogP contribution in [0, 0.1) is 13.8 Å². The number of rotatable bonds is 3. The van der Waals surface area contributed by atoms with Gasteiger partial charge in [-0.2, -0.15) is 4.31 Å². The first-order valence-corrected chi connectivity index (χ1v) is 11.4. The molecule has 4 heterocycles. The fraction of sp³-hybridized carbons (Fsp3) is 0.533. The number of furan rings is 1. The Labute approximate surface area is 151 Å². The molecule has 0 bridgehead atoms. The van der Waals surface area contributed by atoms with Crippen molar-refractivity contribution in [2.75, 3.05) is 24.6 Å². The van der Waals surface area contributed by atoms with Crippen molar-refractivity contribution in [3.63, 3.8) is 0 Å². The molecule has 0 unspecified atom stereocenters. The highest BCUT2D eigenvalue weighted by Crippen LogP contribution is 2.32. The third-order valence-corrected chi connectivity index (χ3v) is 8.47. The van der Waals surface area contributed by atoms with Gasteiger partial charge in [0.15, 0.2) is 15.6 Å². The molecule has 2 saturated heterocycles. The Hall–Kier alpha value is -1.69. The second kappa shape index (κ2) is 5.91. The van der Waals surface area contributed by atoms with E-state index in [1.54, 1.807) is 6.92 Å². The van der Waals surface area contributed by atoms with E-state index in [1.165, 1.54) is 16.4 Å². The number of piperazine rings is 1. The molecule has 4 rings (SSSR count). The van der Waals surface area contributed by atoms with Gasteiger partial charge in [0.1, 0.15) is 0 Å². The number of hydrogen-bond acceptors (Lipinski definition) is 8. The quantitative estimate of drug-likeness (QED) is 0.780. The van der Waals surface area contributed by atoms with Crippen molar-refractivity contribution in [2.24, 2.45) is 0 Å². The molecule has 11 heteroatoms. The summed E-state index contributed by atoms with van der Waals surface area (Å²) in [5, 5.41) is 6.71. The van der Waals surface area contributed by atoms with E-state index >= 15 is 0 Å². The Bertz CT molecular complexity index is 1050. The maximum atomic E-state index is 13.0. The molecule has 1 N–H and O–H groups in total. The van der Waals surface area contributed by atoms with Crippen LogP contribution in [0.3, 0.4) is 0 Å². The predicted molar refractivity (Wildman–Crippen MR) is 91.8 cm³/mol. The Balaban J connectivity index is 1.68. The minimum absolute atomic E-state index is 0.0520. The van der Waals surface area contributed by atoms with Gasteiger partial charge in [-0.1, -0.05) is 5.16 Å². The summed E-state index contributed by atoms with van der Waals surface area (Å²) in [5.41, 5.74) is 1.47. The maximum absolute atomic E-state index is 13.0. The zero-order valence-electron chi connectivity index (χ0n) is 14.3. The summed E-state index contributed by atoms with van der Waals surface area (Å²) in [6.45, 7) is 4.17. The van der Waals surface area contributed by atoms with Gasteiger partial charge in [-0.3, -0.25) is 0 Å². The molecule has 0 aromatic carbocycles. The zero-order chi connectivity index (χ0) is 18.7. The fourth-order valence-corrected chi connectivity index (χ4v) is 7.10. The molecule has 0 aliphatic carbocycles. The maximum Gasteiger partial charge on any atom is 0.276 e. The van der Waals surface area contributed by atoms with Crippen molar-refractivity contribution in [3.05, 3.63) is 23.4 Å². The summed E-state index contributed by atoms with van der Waals surface area (Å²) in [6.07, 6.45) is 0. The number of sulfonamides is 1. The molecule has 2 aliphatic rings. The van der Waals surface area contributed by atoms with E-state index in [0.717, 1.165) is 5.56 Å². The second-order valence-corrected chi connectivity index (χ2v) is 10.6. The number of nitrogens with one attached hydrogen (secondary N) is 1. The molecule has 2 aliphatic heterocycles. The van der Waals surface area contributed by atoms with Crippen molar-refractivity contribution in [1.82, 2.24) is 14.8 Å². The summed E-state index contributed by atoms with van der Waals surface area (Å²) < 4.78 is 61.9. The Kier molecular flexibility index (Phi) is 4.03. The van der Waals surface area contributed by atoms with Gasteiger partial charge in [-0.15, -0.1) is 0 Å². The third-order valence-electron chi connectivity index (χ3n) is 4.96. The Morgan fingerprint density at radius 1 is 1.27 bits per heavy atom. The van der Waals surface area contributed by atoms with Gasteiger partial charge in [0.25, 0.3) is 10.0 Å². The first-order valence-electron chi connectivity index (χ1n) is 8.18. The van der Waals surface area contributed by atoms with Crippen LogP contribution < -0.4 is 5.32 Å². The van der Waals surface area contributed by atoms with Gasteiger partial charge in [0.05, 0.1) is 23.2 Å². The lowest BCUT2D eigenvalue weighted by Crippen LogP contribution is -2.58. The van der Waals surface area contributed by atoms with Crippen LogP contribution in [-0.4, -0.2) is 63.0 Å². The van der Waals surface area contributed by atoms with Crippen LogP contribution in [0.1, 0.15) is 11.3 Å². The summed E-state index contributed by atoms with van der Waals surface area (Å²) in [4.78, 5) is 0. The van der Waals surface area contributed by atoms with Crippen molar-refractivity contribution < 1.29 is 25.8 Å². The minimum Gasteiger partial charge on any atom is -0.440 e. The van der Waals surface area contributed by atoms with Crippen molar-refractivity contribution in [1.29, 1.82) is 0 Å². The summed E-state index contributed by atoms with van der Waals surface area (Å²) in [7, 11) is -7.23. The van der Waals surface area contributed by atoms with E-state index in [2.05, 4.69) is 10.5 Å². The molecule has 9 nitrogen and oxygen atoms in total. The van der Waals surface area contributed by atoms with E-state index in [9.17, 15) is 16.8 Å². The lowest BCUT2D eigenvalue weighted by molar-refractivity contribution is 0.241. The fourth-order valence-electron chi connectivity index (χ4n) is 3.47. The van der Waals surface area contributed by atoms with Crippen LogP contribution in [-0.2, 0) is 19.9 Å². The molecule has 0 amide bonds. The van der Waals surface area contributed by atoms with E-state index in [1.807, 2.05) is 6.92 Å². The molecule has 2 fully saturated rings. The first kappa shape index (κ1) is 17.7. The van der Waals surface area contributed by atoms with Crippen molar-refractivity contribution >= 4 is 19.9 Å². The summed E-state index contributed by atoms with van der Waals surface area (Å²) in [5.74, 6) is 0.416. The highest BCUT2D eigenvalue weighted by atomic mass is 32.2. The predicted octanol–water partition coefficient (Wildman–Crippen LogP) is 0.311. The van der Waals surface area contributed by atoms with Crippen LogP contribution in [0.4, 0.5) is 0 Å².